The number of carbonyl (C=O) groups excluding carboxylic acids is 1. The van der Waals surface area contributed by atoms with E-state index in [4.69, 9.17) is 9.47 Å². The summed E-state index contributed by atoms with van der Waals surface area (Å²) in [6.45, 7) is 3.70. The smallest absolute Gasteiger partial charge is 0.420 e. The number of alkyl halides is 6. The van der Waals surface area contributed by atoms with Gasteiger partial charge in [0.2, 0.25) is 0 Å². The van der Waals surface area contributed by atoms with Crippen molar-refractivity contribution in [3.63, 3.8) is 0 Å². The summed E-state index contributed by atoms with van der Waals surface area (Å²) in [5, 5.41) is 6.00. The van der Waals surface area contributed by atoms with Gasteiger partial charge >= 0.3 is 18.3 Å². The Labute approximate surface area is 174 Å². The fourth-order valence-corrected chi connectivity index (χ4v) is 2.88. The molecular weight excluding hydrogens is 432 g/mol. The van der Waals surface area contributed by atoms with Crippen LogP contribution in [0.3, 0.4) is 0 Å². The molecule has 6 nitrogen and oxygen atoms in total. The number of hydrogen-bond acceptors (Lipinski definition) is 5. The van der Waals surface area contributed by atoms with Crippen LogP contribution in [0.2, 0.25) is 0 Å². The predicted octanol–water partition coefficient (Wildman–Crippen LogP) is 5.14. The van der Waals surface area contributed by atoms with Gasteiger partial charge in [-0.05, 0) is 32.9 Å². The van der Waals surface area contributed by atoms with Crippen LogP contribution >= 0.6 is 0 Å². The fraction of sp³-hybridized carbons (Fsp3) is 0.474. The highest BCUT2D eigenvalue weighted by Gasteiger charge is 2.43. The van der Waals surface area contributed by atoms with Gasteiger partial charge in [-0.3, -0.25) is 4.68 Å². The van der Waals surface area contributed by atoms with E-state index < -0.39 is 41.3 Å². The number of hydrogen-bond donors (Lipinski definition) is 1. The van der Waals surface area contributed by atoms with Gasteiger partial charge in [0, 0.05) is 23.9 Å². The Hall–Kier alpha value is -2.92. The van der Waals surface area contributed by atoms with E-state index in [2.05, 4.69) is 10.4 Å². The number of nitrogens with one attached hydrogen (secondary N) is 1. The molecule has 2 aromatic rings. The number of aromatic nitrogens is 2. The molecule has 172 valence electrons. The number of ether oxygens (including phenoxy) is 2. The zero-order valence-corrected chi connectivity index (χ0v) is 17.1. The summed E-state index contributed by atoms with van der Waals surface area (Å²) in [6, 6.07) is 1.62. The number of methoxy groups -OCH3 is 1. The summed E-state index contributed by atoms with van der Waals surface area (Å²) in [4.78, 5) is 12.1. The van der Waals surface area contributed by atoms with Crippen molar-refractivity contribution in [2.45, 2.75) is 45.7 Å². The van der Waals surface area contributed by atoms with Crippen LogP contribution in [0.4, 0.5) is 32.0 Å². The van der Waals surface area contributed by atoms with Crippen molar-refractivity contribution < 1.29 is 40.6 Å². The molecule has 1 aromatic carbocycles. The van der Waals surface area contributed by atoms with Crippen molar-refractivity contribution >= 4 is 11.7 Å². The Morgan fingerprint density at radius 3 is 2.32 bits per heavy atom. The van der Waals surface area contributed by atoms with Gasteiger partial charge in [-0.15, -0.1) is 0 Å². The molecule has 1 unspecified atom stereocenters. The summed E-state index contributed by atoms with van der Waals surface area (Å²) in [5.41, 5.74) is -2.76. The van der Waals surface area contributed by atoms with E-state index in [9.17, 15) is 31.1 Å². The van der Waals surface area contributed by atoms with Crippen molar-refractivity contribution in [2.75, 3.05) is 19.0 Å². The lowest BCUT2D eigenvalue weighted by molar-refractivity contribution is -0.139. The average Bonchev–Trinajstić information content (AvgIpc) is 3.07. The maximum atomic E-state index is 13.9. The van der Waals surface area contributed by atoms with Crippen molar-refractivity contribution in [2.24, 2.45) is 0 Å². The second kappa shape index (κ2) is 9.06. The van der Waals surface area contributed by atoms with E-state index in [1.807, 2.05) is 0 Å². The van der Waals surface area contributed by atoms with Crippen LogP contribution in [-0.2, 0) is 17.5 Å². The molecule has 31 heavy (non-hydrogen) atoms. The zero-order valence-electron chi connectivity index (χ0n) is 17.1. The lowest BCUT2D eigenvalue weighted by Crippen LogP contribution is -2.33. The molecule has 0 aliphatic heterocycles. The summed E-state index contributed by atoms with van der Waals surface area (Å²) < 4.78 is 91.0. The van der Waals surface area contributed by atoms with Crippen LogP contribution < -0.4 is 10.1 Å². The highest BCUT2D eigenvalue weighted by atomic mass is 19.4. The summed E-state index contributed by atoms with van der Waals surface area (Å²) in [7, 11) is 1.17. The van der Waals surface area contributed by atoms with Crippen LogP contribution in [0.1, 0.15) is 36.8 Å². The van der Waals surface area contributed by atoms with Gasteiger partial charge < -0.3 is 14.8 Å². The number of benzene rings is 1. The van der Waals surface area contributed by atoms with Gasteiger partial charge in [-0.2, -0.15) is 31.4 Å². The molecule has 0 amide bonds. The quantitative estimate of drug-likeness (QED) is 0.465. The molecule has 1 N–H and O–H groups in total. The minimum absolute atomic E-state index is 0.00726. The molecule has 2 rings (SSSR count). The van der Waals surface area contributed by atoms with E-state index in [-0.39, 0.29) is 30.2 Å². The number of rotatable bonds is 7. The van der Waals surface area contributed by atoms with Crippen LogP contribution in [0, 0.1) is 0 Å². The van der Waals surface area contributed by atoms with Crippen molar-refractivity contribution in [3.05, 3.63) is 29.5 Å². The molecule has 0 spiro atoms. The second-order valence-electron chi connectivity index (χ2n) is 6.43. The molecule has 0 saturated heterocycles. The van der Waals surface area contributed by atoms with E-state index in [0.29, 0.717) is 0 Å². The molecule has 0 radical (unpaired) electrons. The van der Waals surface area contributed by atoms with E-state index in [0.717, 1.165) is 17.7 Å². The summed E-state index contributed by atoms with van der Waals surface area (Å²) >= 11 is 0. The predicted molar refractivity (Wildman–Crippen MR) is 100.0 cm³/mol. The van der Waals surface area contributed by atoms with Crippen LogP contribution in [0.25, 0.3) is 11.3 Å². The highest BCUT2D eigenvalue weighted by Crippen LogP contribution is 2.43. The first-order valence-corrected chi connectivity index (χ1v) is 9.21. The Morgan fingerprint density at radius 1 is 1.19 bits per heavy atom. The Bertz CT molecular complexity index is 937. The second-order valence-corrected chi connectivity index (χ2v) is 6.43. The molecule has 1 heterocycles. The Morgan fingerprint density at radius 2 is 1.84 bits per heavy atom. The fourth-order valence-electron chi connectivity index (χ4n) is 2.88. The molecule has 1 aromatic heterocycles. The topological polar surface area (TPSA) is 65.4 Å². The number of anilines is 1. The lowest BCUT2D eigenvalue weighted by Gasteiger charge is -2.20. The molecule has 12 heteroatoms. The Balaban J connectivity index is 2.68. The van der Waals surface area contributed by atoms with Gasteiger partial charge in [0.25, 0.3) is 0 Å². The maximum absolute atomic E-state index is 13.9. The largest absolute Gasteiger partial charge is 0.496 e. The standard InChI is InChI=1S/C19H21F6N3O3/c1-5-28-16(14(19(23,24)25)15(27-28)17(29)31-6-2)12-8-7-11(9-13(12)30-4)26-10(3)18(20,21)22/h7-10,26H,5-6H2,1-4H3. The SMILES string of the molecule is CCOC(=O)c1nn(CC)c(-c2ccc(NC(C)C(F)(F)F)cc2OC)c1C(F)(F)F. The Kier molecular flexibility index (Phi) is 7.12. The van der Waals surface area contributed by atoms with Gasteiger partial charge in [-0.25, -0.2) is 4.79 Å². The third-order valence-corrected chi connectivity index (χ3v) is 4.34. The van der Waals surface area contributed by atoms with Crippen LogP contribution in [-0.4, -0.2) is 41.7 Å². The van der Waals surface area contributed by atoms with Crippen molar-refractivity contribution in [1.82, 2.24) is 9.78 Å². The third-order valence-electron chi connectivity index (χ3n) is 4.34. The lowest BCUT2D eigenvalue weighted by atomic mass is 10.0. The van der Waals surface area contributed by atoms with Crippen LogP contribution in [0.15, 0.2) is 18.2 Å². The van der Waals surface area contributed by atoms with Gasteiger partial charge in [0.05, 0.1) is 19.4 Å². The summed E-state index contributed by atoms with van der Waals surface area (Å²) in [5.74, 6) is -1.37. The van der Waals surface area contributed by atoms with Crippen molar-refractivity contribution in [1.29, 1.82) is 0 Å². The zero-order chi connectivity index (χ0) is 23.6. The molecule has 0 saturated carbocycles. The van der Waals surface area contributed by atoms with Crippen LogP contribution in [0.5, 0.6) is 5.75 Å². The molecule has 0 aliphatic rings. The number of carbonyl (C=O) groups is 1. The first kappa shape index (κ1) is 24.4. The molecule has 0 bridgehead atoms. The average molecular weight is 453 g/mol. The van der Waals surface area contributed by atoms with Gasteiger partial charge in [0.1, 0.15) is 17.4 Å². The number of nitrogens with zero attached hydrogens (tertiary/aromatic N) is 2. The molecule has 1 atom stereocenters. The normalized spacial score (nSPS) is 13.1. The van der Waals surface area contributed by atoms with E-state index in [1.165, 1.54) is 33.1 Å². The minimum Gasteiger partial charge on any atom is -0.496 e. The molecular formula is C19H21F6N3O3. The molecule has 0 aliphatic carbocycles. The molecule has 0 fully saturated rings. The van der Waals surface area contributed by atoms with Crippen molar-refractivity contribution in [3.8, 4) is 17.0 Å². The third kappa shape index (κ3) is 5.23. The summed E-state index contributed by atoms with van der Waals surface area (Å²) in [6.07, 6.45) is -9.48. The number of esters is 1. The first-order chi connectivity index (χ1) is 14.3. The minimum atomic E-state index is -4.96. The van der Waals surface area contributed by atoms with Gasteiger partial charge in [-0.1, -0.05) is 0 Å². The van der Waals surface area contributed by atoms with E-state index >= 15 is 0 Å². The maximum Gasteiger partial charge on any atom is 0.420 e. The van der Waals surface area contributed by atoms with E-state index in [1.54, 1.807) is 0 Å². The first-order valence-electron chi connectivity index (χ1n) is 9.21. The highest BCUT2D eigenvalue weighted by molar-refractivity contribution is 5.92. The van der Waals surface area contributed by atoms with Gasteiger partial charge in [0.15, 0.2) is 5.69 Å². The number of aryl methyl sites for hydroxylation is 1. The monoisotopic (exact) mass is 453 g/mol. The number of halogens is 6.